The summed E-state index contributed by atoms with van der Waals surface area (Å²) in [6, 6.07) is 20.5. The molecule has 0 amide bonds. The molecule has 1 aliphatic heterocycles. The van der Waals surface area contributed by atoms with Crippen LogP contribution in [0.3, 0.4) is 0 Å². The van der Waals surface area contributed by atoms with E-state index in [1.165, 1.54) is 34.6 Å². The number of nitrogens with zero attached hydrogens (tertiary/aromatic N) is 2. The minimum atomic E-state index is -1.11. The van der Waals surface area contributed by atoms with Crippen LogP contribution >= 0.6 is 34.3 Å². The maximum atomic E-state index is 13.8. The van der Waals surface area contributed by atoms with Gasteiger partial charge < -0.3 is 9.52 Å². The second-order valence-corrected chi connectivity index (χ2v) is 11.7. The number of thiophene rings is 1. The molecule has 4 heterocycles. The first-order chi connectivity index (χ1) is 19.0. The van der Waals surface area contributed by atoms with E-state index >= 15 is 0 Å². The number of allylic oxidation sites excluding steroid dienone is 1. The van der Waals surface area contributed by atoms with E-state index in [4.69, 9.17) is 21.0 Å². The third-order valence-electron chi connectivity index (χ3n) is 7.07. The molecule has 2 aromatic carbocycles. The molecule has 3 aromatic heterocycles. The summed E-state index contributed by atoms with van der Waals surface area (Å²) in [6.07, 6.45) is 3.49. The molecule has 5 aromatic rings. The Kier molecular flexibility index (Phi) is 5.77. The summed E-state index contributed by atoms with van der Waals surface area (Å²) >= 11 is 9.01. The summed E-state index contributed by atoms with van der Waals surface area (Å²) < 4.78 is 8.34. The van der Waals surface area contributed by atoms with E-state index < -0.39 is 5.97 Å². The predicted octanol–water partition coefficient (Wildman–Crippen LogP) is 5.99. The SMILES string of the molecule is O=C(O)c1cc(-c2ccc(/C=c3/sc4n(c3=O)[C@H](c3cccs3)C3=C(N=4)c4ccccc4CC3)o2)ccc1Cl. The molecule has 0 spiro atoms. The molecular formula is C30H19ClN2O4S2. The molecule has 9 heteroatoms. The maximum absolute atomic E-state index is 13.8. The molecule has 6 nitrogen and oxygen atoms in total. The lowest BCUT2D eigenvalue weighted by atomic mass is 9.85. The van der Waals surface area contributed by atoms with Gasteiger partial charge in [-0.25, -0.2) is 9.79 Å². The minimum Gasteiger partial charge on any atom is -0.478 e. The summed E-state index contributed by atoms with van der Waals surface area (Å²) in [7, 11) is 0. The Bertz CT molecular complexity index is 2000. The summed E-state index contributed by atoms with van der Waals surface area (Å²) in [5, 5.41) is 11.6. The molecule has 2 aliphatic rings. The molecule has 0 bridgehead atoms. The third kappa shape index (κ3) is 4.03. The zero-order valence-electron chi connectivity index (χ0n) is 20.3. The largest absolute Gasteiger partial charge is 0.478 e. The Morgan fingerprint density at radius 1 is 1.10 bits per heavy atom. The maximum Gasteiger partial charge on any atom is 0.337 e. The van der Waals surface area contributed by atoms with Gasteiger partial charge >= 0.3 is 5.97 Å². The number of fused-ring (bicyclic) bond motifs is 3. The van der Waals surface area contributed by atoms with Crippen molar-refractivity contribution >= 4 is 52.0 Å². The number of carboxylic acid groups (broad SMARTS) is 1. The number of aromatic nitrogens is 1. The Labute approximate surface area is 235 Å². The van der Waals surface area contributed by atoms with Crippen LogP contribution in [0.15, 0.2) is 91.9 Å². The van der Waals surface area contributed by atoms with Crippen LogP contribution < -0.4 is 14.9 Å². The number of hydrogen-bond acceptors (Lipinski definition) is 6. The normalized spacial score (nSPS) is 16.4. The number of furan rings is 1. The van der Waals surface area contributed by atoms with Crippen molar-refractivity contribution in [2.45, 2.75) is 18.9 Å². The van der Waals surface area contributed by atoms with Crippen LogP contribution in [0.2, 0.25) is 5.02 Å². The minimum absolute atomic E-state index is 0.000423. The molecule has 0 saturated carbocycles. The second-order valence-electron chi connectivity index (χ2n) is 9.33. The first-order valence-corrected chi connectivity index (χ1v) is 14.3. The van der Waals surface area contributed by atoms with Crippen molar-refractivity contribution in [1.29, 1.82) is 0 Å². The number of aromatic carboxylic acids is 1. The lowest BCUT2D eigenvalue weighted by Crippen LogP contribution is -2.38. The van der Waals surface area contributed by atoms with Crippen molar-refractivity contribution in [2.24, 2.45) is 4.99 Å². The zero-order chi connectivity index (χ0) is 26.7. The summed E-state index contributed by atoms with van der Waals surface area (Å²) in [5.41, 5.74) is 5.03. The highest BCUT2D eigenvalue weighted by atomic mass is 35.5. The number of hydrogen-bond donors (Lipinski definition) is 1. The van der Waals surface area contributed by atoms with Crippen molar-refractivity contribution in [3.63, 3.8) is 0 Å². The van der Waals surface area contributed by atoms with Gasteiger partial charge in [-0.3, -0.25) is 9.36 Å². The number of halogens is 1. The lowest BCUT2D eigenvalue weighted by molar-refractivity contribution is 0.0697. The van der Waals surface area contributed by atoms with E-state index in [1.54, 1.807) is 35.6 Å². The number of benzene rings is 2. The summed E-state index contributed by atoms with van der Waals surface area (Å²) in [6.45, 7) is 0. The van der Waals surface area contributed by atoms with Crippen LogP contribution in [0.25, 0.3) is 23.1 Å². The quantitative estimate of drug-likeness (QED) is 0.287. The molecular weight excluding hydrogens is 552 g/mol. The fourth-order valence-corrected chi connectivity index (χ4v) is 7.30. The van der Waals surface area contributed by atoms with Gasteiger partial charge in [0.2, 0.25) is 0 Å². The number of thiazole rings is 1. The molecule has 7 rings (SSSR count). The average molecular weight is 571 g/mol. The Hall–Kier alpha value is -3.98. The van der Waals surface area contributed by atoms with Gasteiger partial charge in [-0.2, -0.15) is 0 Å². The van der Waals surface area contributed by atoms with Gasteiger partial charge in [0.1, 0.15) is 11.5 Å². The van der Waals surface area contributed by atoms with Crippen LogP contribution in [-0.2, 0) is 6.42 Å². The first kappa shape index (κ1) is 24.1. The van der Waals surface area contributed by atoms with E-state index in [0.29, 0.717) is 26.4 Å². The van der Waals surface area contributed by atoms with Gasteiger partial charge in [-0.15, -0.1) is 11.3 Å². The summed E-state index contributed by atoms with van der Waals surface area (Å²) in [4.78, 5) is 32.1. The first-order valence-electron chi connectivity index (χ1n) is 12.3. The topological polar surface area (TPSA) is 84.8 Å². The van der Waals surface area contributed by atoms with Crippen molar-refractivity contribution in [2.75, 3.05) is 0 Å². The van der Waals surface area contributed by atoms with E-state index in [1.807, 2.05) is 22.1 Å². The Morgan fingerprint density at radius 2 is 1.97 bits per heavy atom. The fourth-order valence-electron chi connectivity index (χ4n) is 5.28. The van der Waals surface area contributed by atoms with Gasteiger partial charge in [0, 0.05) is 22.1 Å². The number of carbonyl (C=O) groups is 1. The molecule has 0 saturated heterocycles. The molecule has 0 unspecified atom stereocenters. The van der Waals surface area contributed by atoms with Gasteiger partial charge in [0.25, 0.3) is 5.56 Å². The highest BCUT2D eigenvalue weighted by Crippen LogP contribution is 2.42. The summed E-state index contributed by atoms with van der Waals surface area (Å²) in [5.74, 6) is -0.138. The lowest BCUT2D eigenvalue weighted by Gasteiger charge is -2.30. The number of carboxylic acids is 1. The molecule has 0 fully saturated rings. The monoisotopic (exact) mass is 570 g/mol. The van der Waals surface area contributed by atoms with Crippen LogP contribution in [0.5, 0.6) is 0 Å². The Balaban J connectivity index is 1.36. The molecule has 0 radical (unpaired) electrons. The van der Waals surface area contributed by atoms with E-state index in [-0.39, 0.29) is 22.2 Å². The highest BCUT2D eigenvalue weighted by molar-refractivity contribution is 7.10. The van der Waals surface area contributed by atoms with Crippen LogP contribution in [0, 0.1) is 0 Å². The second kappa shape index (κ2) is 9.34. The number of aryl methyl sites for hydroxylation is 1. The predicted molar refractivity (Wildman–Crippen MR) is 153 cm³/mol. The molecule has 1 aliphatic carbocycles. The van der Waals surface area contributed by atoms with E-state index in [0.717, 1.165) is 29.0 Å². The zero-order valence-corrected chi connectivity index (χ0v) is 22.6. The van der Waals surface area contributed by atoms with Gasteiger partial charge in [0.05, 0.1) is 26.9 Å². The smallest absolute Gasteiger partial charge is 0.337 e. The molecule has 1 atom stereocenters. The van der Waals surface area contributed by atoms with E-state index in [9.17, 15) is 14.7 Å². The van der Waals surface area contributed by atoms with Crippen molar-refractivity contribution < 1.29 is 14.3 Å². The van der Waals surface area contributed by atoms with E-state index in [2.05, 4.69) is 24.3 Å². The van der Waals surface area contributed by atoms with Gasteiger partial charge in [0.15, 0.2) is 4.80 Å². The molecule has 192 valence electrons. The van der Waals surface area contributed by atoms with Gasteiger partial charge in [-0.1, -0.05) is 53.3 Å². The third-order valence-corrected chi connectivity index (χ3v) is 9.30. The van der Waals surface area contributed by atoms with Crippen molar-refractivity contribution in [3.8, 4) is 11.3 Å². The molecule has 1 N–H and O–H groups in total. The highest BCUT2D eigenvalue weighted by Gasteiger charge is 2.33. The Morgan fingerprint density at radius 3 is 2.79 bits per heavy atom. The standard InChI is InChI=1S/C30H19ClN2O4S2/c31-22-11-8-17(14-21(22)29(35)36)23-12-9-18(37-23)15-25-28(34)33-27(24-6-3-13-38-24)20-10-7-16-4-1-2-5-19(16)26(20)32-30(33)39-25/h1-6,8-9,11-15,27H,7,10H2,(H,35,36)/b25-15+/t27-/m0/s1. The van der Waals surface area contributed by atoms with Crippen LogP contribution in [0.4, 0.5) is 0 Å². The van der Waals surface area contributed by atoms with Gasteiger partial charge in [-0.05, 0) is 65.8 Å². The van der Waals surface area contributed by atoms with Crippen LogP contribution in [-0.4, -0.2) is 15.6 Å². The average Bonchev–Trinajstić information content (AvgIpc) is 3.70. The van der Waals surface area contributed by atoms with Crippen molar-refractivity contribution in [1.82, 2.24) is 4.57 Å². The van der Waals surface area contributed by atoms with Crippen molar-refractivity contribution in [3.05, 3.63) is 130 Å². The molecule has 39 heavy (non-hydrogen) atoms. The number of rotatable bonds is 4. The fraction of sp³-hybridized carbons (Fsp3) is 0.100. The van der Waals surface area contributed by atoms with Crippen LogP contribution in [0.1, 0.15) is 44.6 Å².